The van der Waals surface area contributed by atoms with Crippen LogP contribution < -0.4 is 4.74 Å². The van der Waals surface area contributed by atoms with Crippen LogP contribution in [0.3, 0.4) is 0 Å². The molecule has 0 unspecified atom stereocenters. The molecule has 1 aliphatic carbocycles. The second-order valence-corrected chi connectivity index (χ2v) is 12.9. The third-order valence-electron chi connectivity index (χ3n) is 8.50. The second-order valence-electron chi connectivity index (χ2n) is 11.3. The Morgan fingerprint density at radius 1 is 1.02 bits per heavy atom. The summed E-state index contributed by atoms with van der Waals surface area (Å²) < 4.78 is 19.4. The van der Waals surface area contributed by atoms with E-state index in [4.69, 9.17) is 27.9 Å². The Labute approximate surface area is 251 Å². The minimum Gasteiger partial charge on any atom is -0.410 e. The summed E-state index contributed by atoms with van der Waals surface area (Å²) in [6.45, 7) is 3.89. The standard InChI is InChI=1S/C29H31BrCl2FN3O4/c1-29(9-10-29)27(38)35-11-7-17(8-12-35)26(37)36-15-20(18-3-5-22(31)23(32)13-18)25(16-36)34(2)28(39)40-19-4-6-24(33)21(30)14-19/h3-6,13-14,17,20,25H,7-12,15-16H2,1-2H3/t20-,25+/m0/s1. The van der Waals surface area contributed by atoms with Crippen LogP contribution in [-0.2, 0) is 9.59 Å². The van der Waals surface area contributed by atoms with Gasteiger partial charge in [0, 0.05) is 50.5 Å². The third kappa shape index (κ3) is 5.97. The van der Waals surface area contributed by atoms with E-state index in [9.17, 15) is 18.8 Å². The molecule has 40 heavy (non-hydrogen) atoms. The van der Waals surface area contributed by atoms with Crippen molar-refractivity contribution in [3.8, 4) is 5.75 Å². The smallest absolute Gasteiger partial charge is 0.410 e. The summed E-state index contributed by atoms with van der Waals surface area (Å²) in [5.74, 6) is -0.446. The van der Waals surface area contributed by atoms with E-state index in [1.54, 1.807) is 24.1 Å². The molecule has 5 rings (SSSR count). The molecule has 2 aliphatic heterocycles. The first kappa shape index (κ1) is 29.1. The van der Waals surface area contributed by atoms with E-state index in [1.165, 1.54) is 23.1 Å². The van der Waals surface area contributed by atoms with Crippen LogP contribution in [0.1, 0.15) is 44.1 Å². The quantitative estimate of drug-likeness (QED) is 0.376. The number of piperidine rings is 1. The molecule has 0 aromatic heterocycles. The summed E-state index contributed by atoms with van der Waals surface area (Å²) in [5.41, 5.74) is 0.645. The molecule has 7 nitrogen and oxygen atoms in total. The molecule has 2 aromatic rings. The number of likely N-dealkylation sites (tertiary alicyclic amines) is 2. The zero-order valence-electron chi connectivity index (χ0n) is 22.3. The van der Waals surface area contributed by atoms with Crippen molar-refractivity contribution in [3.05, 3.63) is 62.3 Å². The highest BCUT2D eigenvalue weighted by molar-refractivity contribution is 9.10. The molecule has 2 atom stereocenters. The Kier molecular flexibility index (Phi) is 8.37. The molecular formula is C29H31BrCl2FN3O4. The molecule has 0 N–H and O–H groups in total. The average Bonchev–Trinajstić information content (AvgIpc) is 3.54. The number of halogens is 4. The molecule has 3 aliphatic rings. The lowest BCUT2D eigenvalue weighted by Gasteiger charge is -2.34. The summed E-state index contributed by atoms with van der Waals surface area (Å²) in [4.78, 5) is 44.8. The Balaban J connectivity index is 1.30. The van der Waals surface area contributed by atoms with Crippen molar-refractivity contribution >= 4 is 57.0 Å². The third-order valence-corrected chi connectivity index (χ3v) is 9.85. The van der Waals surface area contributed by atoms with E-state index < -0.39 is 18.0 Å². The van der Waals surface area contributed by atoms with Crippen LogP contribution in [0.25, 0.3) is 0 Å². The minimum absolute atomic E-state index is 0.0292. The Hall–Kier alpha value is -2.36. The molecule has 214 valence electrons. The van der Waals surface area contributed by atoms with Gasteiger partial charge in [0.2, 0.25) is 11.8 Å². The van der Waals surface area contributed by atoms with Gasteiger partial charge < -0.3 is 19.4 Å². The van der Waals surface area contributed by atoms with Crippen molar-refractivity contribution in [1.82, 2.24) is 14.7 Å². The minimum atomic E-state index is -0.622. The fourth-order valence-electron chi connectivity index (χ4n) is 5.65. The van der Waals surface area contributed by atoms with E-state index in [-0.39, 0.29) is 39.3 Å². The molecule has 2 heterocycles. The Morgan fingerprint density at radius 2 is 1.73 bits per heavy atom. The summed E-state index contributed by atoms with van der Waals surface area (Å²) in [6, 6.07) is 8.94. The fourth-order valence-corrected chi connectivity index (χ4v) is 6.31. The predicted molar refractivity (Wildman–Crippen MR) is 154 cm³/mol. The monoisotopic (exact) mass is 653 g/mol. The number of benzene rings is 2. The first-order chi connectivity index (χ1) is 19.0. The van der Waals surface area contributed by atoms with Gasteiger partial charge in [0.15, 0.2) is 0 Å². The number of carbonyl (C=O) groups excluding carboxylic acids is 3. The largest absolute Gasteiger partial charge is 0.415 e. The molecule has 3 fully saturated rings. The van der Waals surface area contributed by atoms with Gasteiger partial charge >= 0.3 is 6.09 Å². The SMILES string of the molecule is CN(C(=O)Oc1ccc(F)c(Br)c1)[C@@H]1CN(C(=O)C2CCN(C(=O)C3(C)CC3)CC2)C[C@H]1c1ccc(Cl)c(Cl)c1. The van der Waals surface area contributed by atoms with Crippen LogP contribution in [0.15, 0.2) is 40.9 Å². The van der Waals surface area contributed by atoms with Gasteiger partial charge in [-0.25, -0.2) is 9.18 Å². The van der Waals surface area contributed by atoms with Crippen LogP contribution in [0, 0.1) is 17.2 Å². The molecule has 0 radical (unpaired) electrons. The van der Waals surface area contributed by atoms with Crippen molar-refractivity contribution in [2.75, 3.05) is 33.2 Å². The van der Waals surface area contributed by atoms with Crippen molar-refractivity contribution in [2.45, 2.75) is 44.6 Å². The maximum atomic E-state index is 13.7. The molecule has 11 heteroatoms. The lowest BCUT2D eigenvalue weighted by Crippen LogP contribution is -2.46. The van der Waals surface area contributed by atoms with E-state index in [1.807, 2.05) is 17.9 Å². The van der Waals surface area contributed by atoms with Crippen molar-refractivity contribution in [3.63, 3.8) is 0 Å². The molecule has 1 saturated carbocycles. The van der Waals surface area contributed by atoms with E-state index in [2.05, 4.69) is 15.9 Å². The van der Waals surface area contributed by atoms with Crippen LogP contribution in [-0.4, -0.2) is 71.9 Å². The lowest BCUT2D eigenvalue weighted by molar-refractivity contribution is -0.142. The summed E-state index contributed by atoms with van der Waals surface area (Å²) in [7, 11) is 1.63. The number of amides is 3. The van der Waals surface area contributed by atoms with E-state index >= 15 is 0 Å². The molecule has 3 amide bonds. The molecule has 0 spiro atoms. The normalized spacial score (nSPS) is 22.2. The summed E-state index contributed by atoms with van der Waals surface area (Å²) in [6.07, 6.45) is 2.49. The van der Waals surface area contributed by atoms with Gasteiger partial charge in [-0.3, -0.25) is 9.59 Å². The maximum absolute atomic E-state index is 13.7. The van der Waals surface area contributed by atoms with Crippen molar-refractivity contribution in [2.24, 2.45) is 11.3 Å². The molecular weight excluding hydrogens is 624 g/mol. The number of hydrogen-bond donors (Lipinski definition) is 0. The number of ether oxygens (including phenoxy) is 1. The zero-order chi connectivity index (χ0) is 28.8. The number of likely N-dealkylation sites (N-methyl/N-ethyl adjacent to an activating group) is 1. The predicted octanol–water partition coefficient (Wildman–Crippen LogP) is 6.36. The summed E-state index contributed by atoms with van der Waals surface area (Å²) in [5, 5.41) is 0.814. The van der Waals surface area contributed by atoms with Gasteiger partial charge in [-0.05, 0) is 77.5 Å². The van der Waals surface area contributed by atoms with Gasteiger partial charge in [0.25, 0.3) is 0 Å². The van der Waals surface area contributed by atoms with Crippen LogP contribution in [0.4, 0.5) is 9.18 Å². The van der Waals surface area contributed by atoms with Crippen LogP contribution in [0.2, 0.25) is 10.0 Å². The number of hydrogen-bond acceptors (Lipinski definition) is 4. The van der Waals surface area contributed by atoms with Gasteiger partial charge in [-0.1, -0.05) is 36.2 Å². The van der Waals surface area contributed by atoms with Gasteiger partial charge in [0.05, 0.1) is 20.6 Å². The average molecular weight is 655 g/mol. The van der Waals surface area contributed by atoms with Crippen molar-refractivity contribution < 1.29 is 23.5 Å². The highest BCUT2D eigenvalue weighted by Crippen LogP contribution is 2.47. The lowest BCUT2D eigenvalue weighted by atomic mass is 9.93. The second kappa shape index (κ2) is 11.5. The number of carbonyl (C=O) groups is 3. The van der Waals surface area contributed by atoms with Gasteiger partial charge in [-0.2, -0.15) is 0 Å². The van der Waals surface area contributed by atoms with Crippen LogP contribution in [0.5, 0.6) is 5.75 Å². The number of rotatable bonds is 5. The van der Waals surface area contributed by atoms with Crippen molar-refractivity contribution in [1.29, 1.82) is 0 Å². The van der Waals surface area contributed by atoms with E-state index in [0.29, 0.717) is 49.1 Å². The topological polar surface area (TPSA) is 70.2 Å². The highest BCUT2D eigenvalue weighted by atomic mass is 79.9. The summed E-state index contributed by atoms with van der Waals surface area (Å²) >= 11 is 15.6. The number of nitrogens with zero attached hydrogens (tertiary/aromatic N) is 3. The van der Waals surface area contributed by atoms with Gasteiger partial charge in [-0.15, -0.1) is 0 Å². The molecule has 2 aromatic carbocycles. The molecule has 2 saturated heterocycles. The van der Waals surface area contributed by atoms with Crippen LogP contribution >= 0.6 is 39.1 Å². The Morgan fingerprint density at radius 3 is 2.35 bits per heavy atom. The maximum Gasteiger partial charge on any atom is 0.415 e. The zero-order valence-corrected chi connectivity index (χ0v) is 25.4. The highest BCUT2D eigenvalue weighted by Gasteiger charge is 2.48. The first-order valence-electron chi connectivity index (χ1n) is 13.4. The first-order valence-corrected chi connectivity index (χ1v) is 14.9. The Bertz CT molecular complexity index is 1330. The van der Waals surface area contributed by atoms with E-state index in [0.717, 1.165) is 18.4 Å². The van der Waals surface area contributed by atoms with Gasteiger partial charge in [0.1, 0.15) is 11.6 Å². The fraction of sp³-hybridized carbons (Fsp3) is 0.483. The molecule has 0 bridgehead atoms.